The smallest absolute Gasteiger partial charge is 0.326 e. The van der Waals surface area contributed by atoms with Gasteiger partial charge in [0.1, 0.15) is 23.5 Å². The fourth-order valence-electron chi connectivity index (χ4n) is 4.05. The molecule has 0 spiro atoms. The first-order valence-electron chi connectivity index (χ1n) is 12.1. The van der Waals surface area contributed by atoms with Gasteiger partial charge >= 0.3 is 11.9 Å². The quantitative estimate of drug-likeness (QED) is 0.152. The number of aliphatic carboxylic acids is 2. The summed E-state index contributed by atoms with van der Waals surface area (Å²) in [6.07, 6.45) is 2.49. The second-order valence-electron chi connectivity index (χ2n) is 9.00. The second-order valence-corrected chi connectivity index (χ2v) is 9.82. The van der Waals surface area contributed by atoms with Crippen molar-refractivity contribution in [3.8, 4) is 0 Å². The molecule has 2 atom stereocenters. The van der Waals surface area contributed by atoms with E-state index < -0.39 is 40.8 Å². The van der Waals surface area contributed by atoms with Crippen LogP contribution < -0.4 is 26.8 Å². The van der Waals surface area contributed by atoms with Crippen molar-refractivity contribution < 1.29 is 24.6 Å². The number of rotatable bonds is 12. The van der Waals surface area contributed by atoms with Gasteiger partial charge in [0, 0.05) is 30.9 Å². The number of benzene rings is 2. The van der Waals surface area contributed by atoms with Crippen molar-refractivity contribution in [2.24, 2.45) is 0 Å². The predicted molar refractivity (Wildman–Crippen MR) is 154 cm³/mol. The lowest BCUT2D eigenvalue weighted by Crippen LogP contribution is -2.45. The molecule has 3 aromatic carbocycles. The molecule has 210 valence electrons. The van der Waals surface area contributed by atoms with Crippen molar-refractivity contribution in [1.82, 2.24) is 4.98 Å². The van der Waals surface area contributed by atoms with Gasteiger partial charge in [-0.3, -0.25) is 19.4 Å². The molecule has 0 radical (unpaired) electrons. The molecule has 0 saturated heterocycles. The summed E-state index contributed by atoms with van der Waals surface area (Å²) in [6, 6.07) is 12.4. The number of nitrogens with one attached hydrogen (secondary N) is 3. The third kappa shape index (κ3) is 6.89. The minimum Gasteiger partial charge on any atom is -0.480 e. The summed E-state index contributed by atoms with van der Waals surface area (Å²) in [4.78, 5) is 64.7. The summed E-state index contributed by atoms with van der Waals surface area (Å²) in [5.74, 6) is -3.11. The zero-order valence-corrected chi connectivity index (χ0v) is 22.6. The number of carboxylic acid groups (broad SMARTS) is 2. The first-order valence-corrected chi connectivity index (χ1v) is 12.9. The van der Waals surface area contributed by atoms with Crippen LogP contribution in [0.15, 0.2) is 76.6 Å². The third-order valence-electron chi connectivity index (χ3n) is 6.16. The van der Waals surface area contributed by atoms with Gasteiger partial charge in [-0.1, -0.05) is 65.7 Å². The van der Waals surface area contributed by atoms with Crippen LogP contribution >= 0.6 is 23.2 Å². The Morgan fingerprint density at radius 1 is 0.732 bits per heavy atom. The average molecular weight is 597 g/mol. The van der Waals surface area contributed by atoms with Crippen LogP contribution in [0.25, 0.3) is 0 Å². The van der Waals surface area contributed by atoms with Gasteiger partial charge in [-0.15, -0.1) is 0 Å². The summed E-state index contributed by atoms with van der Waals surface area (Å²) >= 11 is 12.0. The van der Waals surface area contributed by atoms with Crippen molar-refractivity contribution in [2.75, 3.05) is 16.0 Å². The number of amides is 1. The summed E-state index contributed by atoms with van der Waals surface area (Å²) in [5.41, 5.74) is -0.810. The maximum atomic E-state index is 12.6. The summed E-state index contributed by atoms with van der Waals surface area (Å²) in [5, 5.41) is 27.3. The number of carbonyl (C=O) groups is 3. The van der Waals surface area contributed by atoms with Crippen LogP contribution in [-0.2, 0) is 22.4 Å². The Hall–Kier alpha value is -4.74. The monoisotopic (exact) mass is 596 g/mol. The molecule has 13 heteroatoms. The minimum absolute atomic E-state index is 0.0270. The van der Waals surface area contributed by atoms with Crippen LogP contribution in [0.4, 0.5) is 17.1 Å². The maximum absolute atomic E-state index is 12.6. The molecule has 0 unspecified atom stereocenters. The van der Waals surface area contributed by atoms with E-state index in [9.17, 15) is 34.2 Å². The highest BCUT2D eigenvalue weighted by molar-refractivity contribution is 6.40. The molecule has 1 heterocycles. The molecule has 5 N–H and O–H groups in total. The van der Waals surface area contributed by atoms with Crippen molar-refractivity contribution in [3.05, 3.63) is 114 Å². The van der Waals surface area contributed by atoms with Crippen molar-refractivity contribution in [2.45, 2.75) is 24.9 Å². The molecule has 1 aromatic heterocycles. The van der Waals surface area contributed by atoms with Crippen LogP contribution in [0, 0.1) is 0 Å². The first-order chi connectivity index (χ1) is 19.5. The Bertz CT molecular complexity index is 1650. The normalized spacial score (nSPS) is 12.3. The van der Waals surface area contributed by atoms with Gasteiger partial charge < -0.3 is 26.2 Å². The highest BCUT2D eigenvalue weighted by Gasteiger charge is 2.30. The fraction of sp³-hybridized carbons (Fsp3) is 0.143. The fourth-order valence-corrected chi connectivity index (χ4v) is 4.58. The lowest BCUT2D eigenvalue weighted by molar-refractivity contribution is -0.138. The standard InChI is InChI=1S/C28H22Cl2N4O7/c29-17-12-31-13-18(30)21(17)26(37)32-16-8-6-15(7-9-16)11-20(28(40)41)34-23-22(24(35)25(23)36)33-19(27(38)39)10-14-4-2-1-3-5-14/h1-9,12-13,19-20,33-34H,10-11H2,(H,32,37)(H,38,39)(H,40,41)/t19-,20-/m0/s1. The van der Waals surface area contributed by atoms with Crippen LogP contribution in [0.2, 0.25) is 10.0 Å². The summed E-state index contributed by atoms with van der Waals surface area (Å²) in [6.45, 7) is 0. The number of hydrogen-bond acceptors (Lipinski definition) is 8. The molecule has 0 fully saturated rings. The Balaban J connectivity index is 1.45. The first kappa shape index (κ1) is 29.2. The zero-order valence-electron chi connectivity index (χ0n) is 21.1. The molecule has 1 amide bonds. The zero-order chi connectivity index (χ0) is 29.7. The maximum Gasteiger partial charge on any atom is 0.326 e. The van der Waals surface area contributed by atoms with E-state index in [0.29, 0.717) is 16.8 Å². The SMILES string of the molecule is O=C(Nc1ccc(C[C@H](Nc2c(N[C@@H](Cc3ccccc3)C(=O)O)c(=O)c2=O)C(=O)O)cc1)c1c(Cl)cncc1Cl. The largest absolute Gasteiger partial charge is 0.480 e. The van der Waals surface area contributed by atoms with Gasteiger partial charge in [0.25, 0.3) is 16.8 Å². The molecule has 4 aromatic rings. The molecule has 11 nitrogen and oxygen atoms in total. The number of anilines is 3. The van der Waals surface area contributed by atoms with Crippen molar-refractivity contribution in [1.29, 1.82) is 0 Å². The minimum atomic E-state index is -1.33. The molecule has 4 rings (SSSR count). The number of hydrogen-bond donors (Lipinski definition) is 5. The summed E-state index contributed by atoms with van der Waals surface area (Å²) in [7, 11) is 0. The van der Waals surface area contributed by atoms with Crippen molar-refractivity contribution >= 4 is 58.1 Å². The van der Waals surface area contributed by atoms with Crippen LogP contribution in [0.3, 0.4) is 0 Å². The van der Waals surface area contributed by atoms with Gasteiger partial charge in [-0.05, 0) is 23.3 Å². The number of carboxylic acids is 2. The Morgan fingerprint density at radius 2 is 1.20 bits per heavy atom. The molecular weight excluding hydrogens is 575 g/mol. The topological polar surface area (TPSA) is 175 Å². The van der Waals surface area contributed by atoms with Gasteiger partial charge in [0.05, 0.1) is 15.6 Å². The van der Waals surface area contributed by atoms with E-state index in [4.69, 9.17) is 23.2 Å². The number of aromatic nitrogens is 1. The van der Waals surface area contributed by atoms with Gasteiger partial charge in [-0.25, -0.2) is 9.59 Å². The van der Waals surface area contributed by atoms with E-state index in [1.165, 1.54) is 12.4 Å². The molecule has 0 bridgehead atoms. The number of halogens is 2. The van der Waals surface area contributed by atoms with Crippen LogP contribution in [-0.4, -0.2) is 45.1 Å². The lowest BCUT2D eigenvalue weighted by Gasteiger charge is -2.22. The number of pyridine rings is 1. The lowest BCUT2D eigenvalue weighted by atomic mass is 10.0. The van der Waals surface area contributed by atoms with E-state index in [-0.39, 0.29) is 39.8 Å². The number of nitrogens with zero attached hydrogens (tertiary/aromatic N) is 1. The van der Waals surface area contributed by atoms with Gasteiger partial charge in [-0.2, -0.15) is 0 Å². The molecule has 41 heavy (non-hydrogen) atoms. The molecular formula is C28H22Cl2N4O7. The number of carbonyl (C=O) groups excluding carboxylic acids is 1. The van der Waals surface area contributed by atoms with E-state index in [1.807, 2.05) is 0 Å². The highest BCUT2D eigenvalue weighted by Crippen LogP contribution is 2.25. The summed E-state index contributed by atoms with van der Waals surface area (Å²) < 4.78 is 0. The average Bonchev–Trinajstić information content (AvgIpc) is 2.94. The highest BCUT2D eigenvalue weighted by atomic mass is 35.5. The van der Waals surface area contributed by atoms with Crippen molar-refractivity contribution in [3.63, 3.8) is 0 Å². The third-order valence-corrected chi connectivity index (χ3v) is 6.73. The van der Waals surface area contributed by atoms with E-state index in [2.05, 4.69) is 20.9 Å². The van der Waals surface area contributed by atoms with Crippen LogP contribution in [0.1, 0.15) is 21.5 Å². The van der Waals surface area contributed by atoms with E-state index in [0.717, 1.165) is 0 Å². The Morgan fingerprint density at radius 3 is 1.66 bits per heavy atom. The van der Waals surface area contributed by atoms with Gasteiger partial charge in [0.15, 0.2) is 0 Å². The Labute approximate surface area is 242 Å². The predicted octanol–water partition coefficient (Wildman–Crippen LogP) is 3.45. The van der Waals surface area contributed by atoms with E-state index >= 15 is 0 Å². The molecule has 0 aliphatic rings. The van der Waals surface area contributed by atoms with Crippen LogP contribution in [0.5, 0.6) is 0 Å². The van der Waals surface area contributed by atoms with E-state index in [1.54, 1.807) is 54.6 Å². The van der Waals surface area contributed by atoms with Gasteiger partial charge in [0.2, 0.25) is 0 Å². The second kappa shape index (κ2) is 12.6. The molecule has 0 aliphatic carbocycles. The molecule has 0 saturated carbocycles. The Kier molecular flexibility index (Phi) is 9.00. The molecule has 0 aliphatic heterocycles.